The number of hydrogen-bond acceptors (Lipinski definition) is 1. The summed E-state index contributed by atoms with van der Waals surface area (Å²) in [6, 6.07) is 19.2. The summed E-state index contributed by atoms with van der Waals surface area (Å²) >= 11 is 3.67. The Morgan fingerprint density at radius 2 is 1.68 bits per heavy atom. The van der Waals surface area contributed by atoms with E-state index in [-0.39, 0.29) is 0 Å². The van der Waals surface area contributed by atoms with Gasteiger partial charge in [-0.3, -0.25) is 0 Å². The predicted molar refractivity (Wildman–Crippen MR) is 85.6 cm³/mol. The van der Waals surface area contributed by atoms with E-state index >= 15 is 0 Å². The van der Waals surface area contributed by atoms with Crippen LogP contribution in [0.5, 0.6) is 0 Å². The second-order valence-electron chi connectivity index (χ2n) is 4.72. The molecule has 19 heavy (non-hydrogen) atoms. The molecule has 0 amide bonds. The highest BCUT2D eigenvalue weighted by atomic mass is 79.9. The van der Waals surface area contributed by atoms with Crippen molar-refractivity contribution in [2.75, 3.05) is 13.1 Å². The van der Waals surface area contributed by atoms with Crippen molar-refractivity contribution >= 4 is 15.9 Å². The first-order valence-corrected chi connectivity index (χ1v) is 7.59. The molecule has 2 aromatic rings. The molecule has 0 bridgehead atoms. The van der Waals surface area contributed by atoms with Crippen LogP contribution in [0.1, 0.15) is 24.0 Å². The highest BCUT2D eigenvalue weighted by Crippen LogP contribution is 2.27. The minimum Gasteiger partial charge on any atom is -0.316 e. The quantitative estimate of drug-likeness (QED) is 0.833. The van der Waals surface area contributed by atoms with Crippen LogP contribution in [-0.4, -0.2) is 13.1 Å². The molecule has 2 heteroatoms. The third-order valence-corrected chi connectivity index (χ3v) is 4.03. The molecule has 0 aliphatic heterocycles. The average Bonchev–Trinajstić information content (AvgIpc) is 2.45. The van der Waals surface area contributed by atoms with Crippen molar-refractivity contribution in [2.24, 2.45) is 0 Å². The highest BCUT2D eigenvalue weighted by Gasteiger charge is 2.14. The highest BCUT2D eigenvalue weighted by molar-refractivity contribution is 9.10. The lowest BCUT2D eigenvalue weighted by atomic mass is 9.92. The van der Waals surface area contributed by atoms with Crippen LogP contribution in [0.4, 0.5) is 0 Å². The zero-order chi connectivity index (χ0) is 13.5. The molecule has 0 aliphatic rings. The molecule has 0 heterocycles. The maximum absolute atomic E-state index is 3.67. The van der Waals surface area contributed by atoms with E-state index in [1.165, 1.54) is 15.6 Å². The first kappa shape index (κ1) is 14.3. The molecule has 100 valence electrons. The van der Waals surface area contributed by atoms with Gasteiger partial charge in [0.1, 0.15) is 0 Å². The van der Waals surface area contributed by atoms with Crippen molar-refractivity contribution in [1.29, 1.82) is 0 Å². The molecule has 0 aromatic heterocycles. The molecule has 0 aliphatic carbocycles. The van der Waals surface area contributed by atoms with E-state index in [1.54, 1.807) is 0 Å². The lowest BCUT2D eigenvalue weighted by molar-refractivity contribution is 0.593. The zero-order valence-corrected chi connectivity index (χ0v) is 12.9. The average molecular weight is 318 g/mol. The summed E-state index contributed by atoms with van der Waals surface area (Å²) in [7, 11) is 0. The molecule has 0 fully saturated rings. The predicted octanol–water partition coefficient (Wildman–Crippen LogP) is 4.38. The Morgan fingerprint density at radius 1 is 1.00 bits per heavy atom. The van der Waals surface area contributed by atoms with Crippen molar-refractivity contribution < 1.29 is 0 Å². The van der Waals surface area contributed by atoms with Gasteiger partial charge in [0, 0.05) is 16.9 Å². The van der Waals surface area contributed by atoms with E-state index in [9.17, 15) is 0 Å². The summed E-state index contributed by atoms with van der Waals surface area (Å²) in [5.74, 6) is 0.498. The zero-order valence-electron chi connectivity index (χ0n) is 11.3. The Hall–Kier alpha value is -1.12. The van der Waals surface area contributed by atoms with Gasteiger partial charge >= 0.3 is 0 Å². The van der Waals surface area contributed by atoms with Crippen LogP contribution in [0.3, 0.4) is 0 Å². The van der Waals surface area contributed by atoms with Gasteiger partial charge in [-0.1, -0.05) is 71.4 Å². The topological polar surface area (TPSA) is 12.0 Å². The van der Waals surface area contributed by atoms with Gasteiger partial charge in [-0.05, 0) is 30.2 Å². The lowest BCUT2D eigenvalue weighted by Gasteiger charge is -2.19. The maximum Gasteiger partial charge on any atom is 0.0210 e. The van der Waals surface area contributed by atoms with E-state index < -0.39 is 0 Å². The normalized spacial score (nSPS) is 12.3. The number of hydrogen-bond donors (Lipinski definition) is 1. The van der Waals surface area contributed by atoms with E-state index in [0.717, 1.165) is 19.5 Å². The monoisotopic (exact) mass is 317 g/mol. The maximum atomic E-state index is 3.67. The summed E-state index contributed by atoms with van der Waals surface area (Å²) in [6.07, 6.45) is 1.07. The number of halogens is 1. The van der Waals surface area contributed by atoms with Crippen molar-refractivity contribution in [1.82, 2.24) is 5.32 Å². The molecule has 0 spiro atoms. The summed E-state index contributed by atoms with van der Waals surface area (Å²) in [5.41, 5.74) is 2.77. The van der Waals surface area contributed by atoms with Crippen LogP contribution in [0.2, 0.25) is 0 Å². The fourth-order valence-corrected chi connectivity index (χ4v) is 2.92. The summed E-state index contributed by atoms with van der Waals surface area (Å²) in [6.45, 7) is 4.17. The van der Waals surface area contributed by atoms with Gasteiger partial charge < -0.3 is 5.32 Å². The van der Waals surface area contributed by atoms with E-state index in [0.29, 0.717) is 5.92 Å². The molecular weight excluding hydrogens is 298 g/mol. The van der Waals surface area contributed by atoms with Crippen LogP contribution in [0.15, 0.2) is 59.1 Å². The van der Waals surface area contributed by atoms with Crippen LogP contribution in [0.25, 0.3) is 0 Å². The number of rotatable bonds is 6. The largest absolute Gasteiger partial charge is 0.316 e. The molecule has 1 unspecified atom stereocenters. The number of likely N-dealkylation sites (N-methyl/N-ethyl adjacent to an activating group) is 1. The molecule has 2 aromatic carbocycles. The van der Waals surface area contributed by atoms with Gasteiger partial charge in [-0.2, -0.15) is 0 Å². The fourth-order valence-electron chi connectivity index (χ4n) is 2.32. The molecule has 0 radical (unpaired) electrons. The van der Waals surface area contributed by atoms with Crippen LogP contribution in [0, 0.1) is 0 Å². The van der Waals surface area contributed by atoms with E-state index in [1.807, 2.05) is 0 Å². The Bertz CT molecular complexity index is 496. The third kappa shape index (κ3) is 4.19. The van der Waals surface area contributed by atoms with Crippen molar-refractivity contribution in [3.05, 3.63) is 70.2 Å². The smallest absolute Gasteiger partial charge is 0.0210 e. The Balaban J connectivity index is 2.19. The first-order valence-electron chi connectivity index (χ1n) is 6.80. The Kier molecular flexibility index (Phi) is 5.62. The van der Waals surface area contributed by atoms with Crippen molar-refractivity contribution in [3.8, 4) is 0 Å². The van der Waals surface area contributed by atoms with Gasteiger partial charge in [0.15, 0.2) is 0 Å². The van der Waals surface area contributed by atoms with Gasteiger partial charge in [0.2, 0.25) is 0 Å². The van der Waals surface area contributed by atoms with Gasteiger partial charge in [-0.15, -0.1) is 0 Å². The number of nitrogens with one attached hydrogen (secondary N) is 1. The summed E-state index contributed by atoms with van der Waals surface area (Å²) in [4.78, 5) is 0. The van der Waals surface area contributed by atoms with E-state index in [2.05, 4.69) is 82.8 Å². The fraction of sp³-hybridized carbons (Fsp3) is 0.294. The van der Waals surface area contributed by atoms with Gasteiger partial charge in [0.25, 0.3) is 0 Å². The van der Waals surface area contributed by atoms with Crippen LogP contribution in [-0.2, 0) is 6.42 Å². The minimum absolute atomic E-state index is 0.498. The SMILES string of the molecule is CCNCC(Cc1ccccc1)c1ccccc1Br. The molecule has 1 atom stereocenters. The van der Waals surface area contributed by atoms with Gasteiger partial charge in [0.05, 0.1) is 0 Å². The lowest BCUT2D eigenvalue weighted by Crippen LogP contribution is -2.23. The van der Waals surface area contributed by atoms with Gasteiger partial charge in [-0.25, -0.2) is 0 Å². The molecule has 1 N–H and O–H groups in total. The standard InChI is InChI=1S/C17H20BrN/c1-2-19-13-15(12-14-8-4-3-5-9-14)16-10-6-7-11-17(16)18/h3-11,15,19H,2,12-13H2,1H3. The molecule has 0 saturated carbocycles. The van der Waals surface area contributed by atoms with E-state index in [4.69, 9.17) is 0 Å². The van der Waals surface area contributed by atoms with Crippen molar-refractivity contribution in [3.63, 3.8) is 0 Å². The summed E-state index contributed by atoms with van der Waals surface area (Å²) in [5, 5.41) is 3.47. The Labute approximate surface area is 124 Å². The Morgan fingerprint density at radius 3 is 2.37 bits per heavy atom. The summed E-state index contributed by atoms with van der Waals surface area (Å²) < 4.78 is 1.20. The van der Waals surface area contributed by atoms with Crippen LogP contribution >= 0.6 is 15.9 Å². The molecule has 2 rings (SSSR count). The third-order valence-electron chi connectivity index (χ3n) is 3.31. The second-order valence-corrected chi connectivity index (χ2v) is 5.57. The molecular formula is C17H20BrN. The molecule has 0 saturated heterocycles. The second kappa shape index (κ2) is 7.46. The number of benzene rings is 2. The van der Waals surface area contributed by atoms with Crippen molar-refractivity contribution in [2.45, 2.75) is 19.3 Å². The minimum atomic E-state index is 0.498. The molecule has 1 nitrogen and oxygen atoms in total. The first-order chi connectivity index (χ1) is 9.31. The van der Waals surface area contributed by atoms with Crippen LogP contribution < -0.4 is 5.32 Å².